The smallest absolute Gasteiger partial charge is 0.314 e. The molecule has 2 aromatic heterocycles. The molecule has 0 saturated heterocycles. The van der Waals surface area contributed by atoms with Crippen molar-refractivity contribution in [3.8, 4) is 0 Å². The fourth-order valence-corrected chi connectivity index (χ4v) is 2.36. The van der Waals surface area contributed by atoms with Crippen LogP contribution >= 0.6 is 0 Å². The van der Waals surface area contributed by atoms with Crippen molar-refractivity contribution in [3.05, 3.63) is 53.0 Å². The van der Waals surface area contributed by atoms with Crippen molar-refractivity contribution in [2.75, 3.05) is 0 Å². The summed E-state index contributed by atoms with van der Waals surface area (Å²) >= 11 is 0. The molecular weight excluding hydrogens is 254 g/mol. The van der Waals surface area contributed by atoms with Gasteiger partial charge >= 0.3 is 5.91 Å². The van der Waals surface area contributed by atoms with E-state index in [0.717, 1.165) is 22.3 Å². The summed E-state index contributed by atoms with van der Waals surface area (Å²) < 4.78 is 6.94. The maximum atomic E-state index is 12.5. The van der Waals surface area contributed by atoms with Gasteiger partial charge in [0.15, 0.2) is 5.76 Å². The molecule has 0 spiro atoms. The minimum atomic E-state index is -0.276. The predicted molar refractivity (Wildman–Crippen MR) is 75.5 cm³/mol. The number of fused-ring (bicyclic) bond motifs is 1. The zero-order valence-electron chi connectivity index (χ0n) is 11.4. The normalized spacial score (nSPS) is 11.2. The molecule has 0 radical (unpaired) electrons. The van der Waals surface area contributed by atoms with Crippen molar-refractivity contribution in [2.24, 2.45) is 5.73 Å². The Morgan fingerprint density at radius 2 is 2.10 bits per heavy atom. The zero-order chi connectivity index (χ0) is 14.3. The van der Waals surface area contributed by atoms with Crippen LogP contribution in [-0.2, 0) is 6.54 Å². The quantitative estimate of drug-likeness (QED) is 0.775. The van der Waals surface area contributed by atoms with Crippen LogP contribution in [0.15, 0.2) is 34.7 Å². The van der Waals surface area contributed by atoms with E-state index in [4.69, 9.17) is 10.2 Å². The van der Waals surface area contributed by atoms with E-state index in [2.05, 4.69) is 5.10 Å². The molecule has 3 rings (SSSR count). The Hall–Kier alpha value is -2.40. The van der Waals surface area contributed by atoms with Gasteiger partial charge in [-0.2, -0.15) is 9.78 Å². The Morgan fingerprint density at radius 3 is 2.75 bits per heavy atom. The average Bonchev–Trinajstić information content (AvgIpc) is 2.99. The monoisotopic (exact) mass is 269 g/mol. The molecule has 20 heavy (non-hydrogen) atoms. The van der Waals surface area contributed by atoms with Crippen molar-refractivity contribution in [2.45, 2.75) is 20.4 Å². The highest BCUT2D eigenvalue weighted by molar-refractivity contribution is 5.97. The van der Waals surface area contributed by atoms with Crippen molar-refractivity contribution in [3.63, 3.8) is 0 Å². The predicted octanol–water partition coefficient (Wildman–Crippen LogP) is 2.39. The minimum absolute atomic E-state index is 0.276. The van der Waals surface area contributed by atoms with Gasteiger partial charge in [-0.15, -0.1) is 0 Å². The van der Waals surface area contributed by atoms with Crippen LogP contribution in [0.5, 0.6) is 0 Å². The van der Waals surface area contributed by atoms with E-state index in [1.54, 1.807) is 6.07 Å². The standard InChI is InChI=1S/C15H15N3O2/c1-9-12(8-16)10(2)18(17-9)15(19)14-7-11-5-3-4-6-13(11)20-14/h3-7H,8,16H2,1-2H3. The molecule has 0 aliphatic carbocycles. The topological polar surface area (TPSA) is 74.0 Å². The summed E-state index contributed by atoms with van der Waals surface area (Å²) in [5, 5.41) is 5.15. The summed E-state index contributed by atoms with van der Waals surface area (Å²) in [6, 6.07) is 9.24. The van der Waals surface area contributed by atoms with E-state index < -0.39 is 0 Å². The number of furan rings is 1. The molecule has 5 nitrogen and oxygen atoms in total. The SMILES string of the molecule is Cc1nn(C(=O)c2cc3ccccc3o2)c(C)c1CN. The molecule has 0 aliphatic heterocycles. The number of hydrogen-bond donors (Lipinski definition) is 1. The Bertz CT molecular complexity index is 766. The average molecular weight is 269 g/mol. The van der Waals surface area contributed by atoms with Crippen LogP contribution in [0.4, 0.5) is 0 Å². The van der Waals surface area contributed by atoms with Gasteiger partial charge in [-0.05, 0) is 26.0 Å². The second-order valence-corrected chi connectivity index (χ2v) is 4.72. The lowest BCUT2D eigenvalue weighted by atomic mass is 10.2. The third-order valence-corrected chi connectivity index (χ3v) is 3.47. The van der Waals surface area contributed by atoms with Crippen LogP contribution < -0.4 is 5.73 Å². The number of benzene rings is 1. The lowest BCUT2D eigenvalue weighted by Crippen LogP contribution is -2.15. The second kappa shape index (κ2) is 4.61. The minimum Gasteiger partial charge on any atom is -0.451 e. The highest BCUT2D eigenvalue weighted by Crippen LogP contribution is 2.21. The molecule has 2 heterocycles. The molecule has 1 aromatic carbocycles. The summed E-state index contributed by atoms with van der Waals surface area (Å²) in [5.74, 6) is 0.00173. The van der Waals surface area contributed by atoms with Gasteiger partial charge in [0.25, 0.3) is 0 Å². The molecule has 2 N–H and O–H groups in total. The number of carbonyl (C=O) groups excluding carboxylic acids is 1. The number of nitrogens with two attached hydrogens (primary N) is 1. The van der Waals surface area contributed by atoms with E-state index in [1.807, 2.05) is 38.1 Å². The summed E-state index contributed by atoms with van der Waals surface area (Å²) in [5.41, 5.74) is 8.80. The van der Waals surface area contributed by atoms with E-state index in [-0.39, 0.29) is 11.7 Å². The number of nitrogens with zero attached hydrogens (tertiary/aromatic N) is 2. The number of aromatic nitrogens is 2. The molecule has 0 fully saturated rings. The van der Waals surface area contributed by atoms with Crippen LogP contribution in [0.25, 0.3) is 11.0 Å². The molecule has 0 unspecified atom stereocenters. The van der Waals surface area contributed by atoms with Gasteiger partial charge in [-0.25, -0.2) is 0 Å². The maximum Gasteiger partial charge on any atom is 0.314 e. The number of carbonyl (C=O) groups is 1. The molecule has 0 aliphatic rings. The molecule has 102 valence electrons. The number of rotatable bonds is 2. The number of hydrogen-bond acceptors (Lipinski definition) is 4. The molecule has 0 bridgehead atoms. The molecule has 5 heteroatoms. The van der Waals surface area contributed by atoms with Crippen LogP contribution in [0.2, 0.25) is 0 Å². The Balaban J connectivity index is 2.08. The zero-order valence-corrected chi connectivity index (χ0v) is 11.4. The fraction of sp³-hybridized carbons (Fsp3) is 0.200. The Morgan fingerprint density at radius 1 is 1.35 bits per heavy atom. The third-order valence-electron chi connectivity index (χ3n) is 3.47. The largest absolute Gasteiger partial charge is 0.451 e. The van der Waals surface area contributed by atoms with E-state index >= 15 is 0 Å². The van der Waals surface area contributed by atoms with Crippen molar-refractivity contribution < 1.29 is 9.21 Å². The van der Waals surface area contributed by atoms with E-state index in [1.165, 1.54) is 4.68 Å². The van der Waals surface area contributed by atoms with Gasteiger partial charge in [0.05, 0.1) is 5.69 Å². The summed E-state index contributed by atoms with van der Waals surface area (Å²) in [4.78, 5) is 12.5. The lowest BCUT2D eigenvalue weighted by Gasteiger charge is -2.00. The van der Waals surface area contributed by atoms with Gasteiger partial charge < -0.3 is 10.2 Å². The van der Waals surface area contributed by atoms with Gasteiger partial charge in [0.2, 0.25) is 0 Å². The van der Waals surface area contributed by atoms with Crippen LogP contribution in [-0.4, -0.2) is 15.7 Å². The first-order valence-corrected chi connectivity index (χ1v) is 6.40. The first-order chi connectivity index (χ1) is 9.61. The van der Waals surface area contributed by atoms with Crippen molar-refractivity contribution >= 4 is 16.9 Å². The molecule has 0 amide bonds. The van der Waals surface area contributed by atoms with Crippen LogP contribution in [0, 0.1) is 13.8 Å². The molecule has 3 aromatic rings. The van der Waals surface area contributed by atoms with Gasteiger partial charge in [0.1, 0.15) is 5.58 Å². The van der Waals surface area contributed by atoms with E-state index in [0.29, 0.717) is 12.1 Å². The summed E-state index contributed by atoms with van der Waals surface area (Å²) in [6.07, 6.45) is 0. The van der Waals surface area contributed by atoms with Crippen LogP contribution in [0.1, 0.15) is 27.5 Å². The first-order valence-electron chi connectivity index (χ1n) is 6.40. The maximum absolute atomic E-state index is 12.5. The fourth-order valence-electron chi connectivity index (χ4n) is 2.36. The van der Waals surface area contributed by atoms with Gasteiger partial charge in [-0.1, -0.05) is 18.2 Å². The van der Waals surface area contributed by atoms with Crippen molar-refractivity contribution in [1.82, 2.24) is 9.78 Å². The summed E-state index contributed by atoms with van der Waals surface area (Å²) in [6.45, 7) is 4.05. The van der Waals surface area contributed by atoms with Crippen LogP contribution in [0.3, 0.4) is 0 Å². The number of para-hydroxylation sites is 1. The molecular formula is C15H15N3O2. The molecule has 0 atom stereocenters. The third kappa shape index (κ3) is 1.83. The Labute approximate surface area is 116 Å². The highest BCUT2D eigenvalue weighted by Gasteiger charge is 2.20. The van der Waals surface area contributed by atoms with Crippen molar-refractivity contribution in [1.29, 1.82) is 0 Å². The van der Waals surface area contributed by atoms with E-state index in [9.17, 15) is 4.79 Å². The first kappa shape index (κ1) is 12.6. The van der Waals surface area contributed by atoms with Gasteiger partial charge in [-0.3, -0.25) is 4.79 Å². The summed E-state index contributed by atoms with van der Waals surface area (Å²) in [7, 11) is 0. The number of aryl methyl sites for hydroxylation is 1. The lowest BCUT2D eigenvalue weighted by molar-refractivity contribution is 0.0916. The Kier molecular flexibility index (Phi) is 2.91. The second-order valence-electron chi connectivity index (χ2n) is 4.72. The molecule has 0 saturated carbocycles. The highest BCUT2D eigenvalue weighted by atomic mass is 16.3. The van der Waals surface area contributed by atoms with Gasteiger partial charge in [0, 0.05) is 23.2 Å².